The molecule has 5 rings (SSSR count). The molecule has 1 aliphatic heterocycles. The van der Waals surface area contributed by atoms with Crippen molar-refractivity contribution in [1.82, 2.24) is 15.0 Å². The number of ether oxygens (including phenoxy) is 3. The van der Waals surface area contributed by atoms with Gasteiger partial charge in [-0.2, -0.15) is 4.98 Å². The van der Waals surface area contributed by atoms with Gasteiger partial charge >= 0.3 is 6.36 Å². The van der Waals surface area contributed by atoms with Gasteiger partial charge in [0.15, 0.2) is 0 Å². The number of hydrogen-bond acceptors (Lipinski definition) is 11. The first-order valence-corrected chi connectivity index (χ1v) is 14.4. The number of alkyl halides is 3. The third-order valence-corrected chi connectivity index (χ3v) is 7.93. The van der Waals surface area contributed by atoms with Crippen LogP contribution in [0.3, 0.4) is 0 Å². The highest BCUT2D eigenvalue weighted by molar-refractivity contribution is 5.56. The van der Waals surface area contributed by atoms with Crippen molar-refractivity contribution in [1.29, 1.82) is 0 Å². The van der Waals surface area contributed by atoms with E-state index in [9.17, 15) is 28.5 Å². The molecule has 6 atom stereocenters. The van der Waals surface area contributed by atoms with Crippen molar-refractivity contribution in [2.24, 2.45) is 5.92 Å². The van der Waals surface area contributed by atoms with E-state index in [1.807, 2.05) is 26.8 Å². The van der Waals surface area contributed by atoms with Crippen molar-refractivity contribution >= 4 is 11.8 Å². The van der Waals surface area contributed by atoms with Crippen LogP contribution in [-0.2, 0) is 6.42 Å². The van der Waals surface area contributed by atoms with E-state index in [0.717, 1.165) is 5.56 Å². The largest absolute Gasteiger partial charge is 0.573 e. The Bertz CT molecular complexity index is 1480. The van der Waals surface area contributed by atoms with Crippen LogP contribution in [0.15, 0.2) is 30.3 Å². The summed E-state index contributed by atoms with van der Waals surface area (Å²) in [6.07, 6.45) is -6.74. The van der Waals surface area contributed by atoms with E-state index < -0.39 is 42.7 Å². The Morgan fingerprint density at radius 1 is 1.07 bits per heavy atom. The van der Waals surface area contributed by atoms with Crippen molar-refractivity contribution in [3.63, 3.8) is 0 Å². The van der Waals surface area contributed by atoms with Gasteiger partial charge < -0.3 is 40.2 Å². The summed E-state index contributed by atoms with van der Waals surface area (Å²) in [6.45, 7) is 7.53. The molecule has 14 heteroatoms. The van der Waals surface area contributed by atoms with Crippen LogP contribution in [0.1, 0.15) is 60.5 Å². The van der Waals surface area contributed by atoms with Gasteiger partial charge in [0, 0.05) is 30.6 Å². The highest BCUT2D eigenvalue weighted by atomic mass is 19.4. The van der Waals surface area contributed by atoms with Crippen molar-refractivity contribution in [3.8, 4) is 17.4 Å². The Kier molecular flexibility index (Phi) is 9.05. The molecule has 0 amide bonds. The number of aliphatic hydroxyl groups is 3. The van der Waals surface area contributed by atoms with Gasteiger partial charge in [0.05, 0.1) is 41.7 Å². The monoisotopic (exact) mass is 619 g/mol. The number of halogens is 3. The van der Waals surface area contributed by atoms with E-state index in [2.05, 4.69) is 25.3 Å². The van der Waals surface area contributed by atoms with Gasteiger partial charge in [-0.25, -0.2) is 9.97 Å². The molecule has 1 aromatic carbocycles. The number of benzene rings is 1. The molecule has 2 aromatic heterocycles. The second kappa shape index (κ2) is 12.6. The lowest BCUT2D eigenvalue weighted by atomic mass is 10.0. The maximum Gasteiger partial charge on any atom is 0.573 e. The zero-order chi connectivity index (χ0) is 31.8. The van der Waals surface area contributed by atoms with Crippen molar-refractivity contribution in [3.05, 3.63) is 58.4 Å². The quantitative estimate of drug-likeness (QED) is 0.223. The van der Waals surface area contributed by atoms with Crippen LogP contribution in [0.4, 0.5) is 24.9 Å². The average molecular weight is 620 g/mol. The highest BCUT2D eigenvalue weighted by Gasteiger charge is 2.42. The smallest absolute Gasteiger partial charge is 0.483 e. The first kappa shape index (κ1) is 31.5. The number of pyridine rings is 1. The Balaban J connectivity index is 1.44. The minimum Gasteiger partial charge on any atom is -0.483 e. The molecule has 3 heterocycles. The van der Waals surface area contributed by atoms with Crippen LogP contribution >= 0.6 is 0 Å². The van der Waals surface area contributed by atoms with Crippen LogP contribution < -0.4 is 24.8 Å². The molecule has 0 spiro atoms. The van der Waals surface area contributed by atoms with E-state index in [-0.39, 0.29) is 18.3 Å². The lowest BCUT2D eigenvalue weighted by Gasteiger charge is -2.24. The number of aliphatic hydroxyl groups excluding tert-OH is 3. The minimum absolute atomic E-state index is 0.232. The molecule has 0 saturated heterocycles. The van der Waals surface area contributed by atoms with Crippen LogP contribution in [0.25, 0.3) is 0 Å². The summed E-state index contributed by atoms with van der Waals surface area (Å²) in [7, 11) is 0. The molecule has 3 aromatic rings. The second-order valence-electron chi connectivity index (χ2n) is 11.1. The molecule has 5 N–H and O–H groups in total. The van der Waals surface area contributed by atoms with Crippen LogP contribution in [0.5, 0.6) is 17.4 Å². The zero-order valence-electron chi connectivity index (χ0n) is 24.7. The van der Waals surface area contributed by atoms with Crippen molar-refractivity contribution < 1.29 is 42.7 Å². The van der Waals surface area contributed by atoms with Gasteiger partial charge in [0.25, 0.3) is 0 Å². The molecule has 238 valence electrons. The number of nitrogens with one attached hydrogen (secondary N) is 2. The molecule has 2 aliphatic rings. The normalized spacial score (nSPS) is 23.5. The first-order valence-electron chi connectivity index (χ1n) is 14.4. The SMILES string of the molecule is CCOc1cc2c(c(C)n1)OC(c1c(C)nc(N[C@H](C)c3ccc(OC(F)(F)F)cc3)nc1N[C@@H]1C[C@H](CO)[C@@H](O)[C@H]1O)C2. The number of nitrogens with zero attached hydrogens (tertiary/aromatic N) is 3. The predicted octanol–water partition coefficient (Wildman–Crippen LogP) is 4.15. The van der Waals surface area contributed by atoms with E-state index in [4.69, 9.17) is 14.5 Å². The van der Waals surface area contributed by atoms with Gasteiger partial charge in [-0.15, -0.1) is 13.2 Å². The fraction of sp³-hybridized carbons (Fsp3) is 0.500. The third kappa shape index (κ3) is 6.76. The molecule has 0 radical (unpaired) electrons. The molecule has 1 fully saturated rings. The summed E-state index contributed by atoms with van der Waals surface area (Å²) in [5.74, 6) is 0.929. The Morgan fingerprint density at radius 2 is 1.80 bits per heavy atom. The molecule has 1 saturated carbocycles. The molecule has 0 bridgehead atoms. The minimum atomic E-state index is -4.78. The van der Waals surface area contributed by atoms with E-state index in [1.54, 1.807) is 6.92 Å². The predicted molar refractivity (Wildman–Crippen MR) is 154 cm³/mol. The first-order chi connectivity index (χ1) is 20.9. The fourth-order valence-electron chi connectivity index (χ4n) is 5.78. The number of rotatable bonds is 10. The summed E-state index contributed by atoms with van der Waals surface area (Å²) in [4.78, 5) is 13.9. The number of hydrogen-bond donors (Lipinski definition) is 5. The summed E-state index contributed by atoms with van der Waals surface area (Å²) in [5, 5.41) is 37.3. The summed E-state index contributed by atoms with van der Waals surface area (Å²) >= 11 is 0. The Morgan fingerprint density at radius 3 is 2.43 bits per heavy atom. The van der Waals surface area contributed by atoms with Gasteiger partial charge in [0.1, 0.15) is 29.5 Å². The van der Waals surface area contributed by atoms with E-state index in [0.29, 0.717) is 59.4 Å². The highest BCUT2D eigenvalue weighted by Crippen LogP contribution is 2.43. The van der Waals surface area contributed by atoms with Gasteiger partial charge in [-0.05, 0) is 51.8 Å². The Labute approximate surface area is 252 Å². The Hall–Kier alpha value is -3.88. The van der Waals surface area contributed by atoms with E-state index in [1.165, 1.54) is 24.3 Å². The molecule has 1 aliphatic carbocycles. The lowest BCUT2D eigenvalue weighted by Crippen LogP contribution is -2.36. The zero-order valence-corrected chi connectivity index (χ0v) is 24.7. The lowest BCUT2D eigenvalue weighted by molar-refractivity contribution is -0.274. The molecular weight excluding hydrogens is 583 g/mol. The van der Waals surface area contributed by atoms with Gasteiger partial charge in [-0.1, -0.05) is 12.1 Å². The van der Waals surface area contributed by atoms with Crippen LogP contribution in [0.2, 0.25) is 0 Å². The number of aryl methyl sites for hydroxylation is 2. The van der Waals surface area contributed by atoms with Crippen molar-refractivity contribution in [2.75, 3.05) is 23.8 Å². The fourth-order valence-corrected chi connectivity index (χ4v) is 5.78. The number of anilines is 2. The summed E-state index contributed by atoms with van der Waals surface area (Å²) in [6, 6.07) is 6.33. The third-order valence-electron chi connectivity index (χ3n) is 7.93. The average Bonchev–Trinajstić information content (AvgIpc) is 3.49. The summed E-state index contributed by atoms with van der Waals surface area (Å²) in [5.41, 5.74) is 3.51. The van der Waals surface area contributed by atoms with Gasteiger partial charge in [0.2, 0.25) is 11.8 Å². The standard InChI is InChI=1S/C30H36F3N5O6/c1-5-42-23-12-18-11-22(43-27(18)16(4)34-23)24-15(3)36-29(38-28(24)37-21-10-19(13-39)25(40)26(21)41)35-14(2)17-6-8-20(9-7-17)44-30(31,32)33/h6-9,12,14,19,21-22,25-26,39-41H,5,10-11,13H2,1-4H3,(H2,35,36,37,38)/t14-,19-,21-,22?,25-,26+/m1/s1. The van der Waals surface area contributed by atoms with Crippen LogP contribution in [0, 0.1) is 19.8 Å². The molecule has 11 nitrogen and oxygen atoms in total. The summed E-state index contributed by atoms with van der Waals surface area (Å²) < 4.78 is 53.6. The maximum atomic E-state index is 12.6. The topological polar surface area (TPSA) is 151 Å². The number of fused-ring (bicyclic) bond motifs is 1. The molecule has 44 heavy (non-hydrogen) atoms. The second-order valence-corrected chi connectivity index (χ2v) is 11.1. The molecular formula is C30H36F3N5O6. The van der Waals surface area contributed by atoms with Crippen LogP contribution in [-0.4, -0.2) is 68.1 Å². The number of aromatic nitrogens is 3. The molecule has 1 unspecified atom stereocenters. The van der Waals surface area contributed by atoms with Gasteiger partial charge in [-0.3, -0.25) is 0 Å². The van der Waals surface area contributed by atoms with E-state index >= 15 is 0 Å². The van der Waals surface area contributed by atoms with Crippen molar-refractivity contribution in [2.45, 2.75) is 77.3 Å². The maximum absolute atomic E-state index is 12.6.